The SMILES string of the molecule is O=C(NC1CCCNC1=O)c1c(N2CCOCC2)noc1-c1ccccc1. The zero-order valence-electron chi connectivity index (χ0n) is 14.9. The van der Waals surface area contributed by atoms with Gasteiger partial charge in [-0.25, -0.2) is 0 Å². The van der Waals surface area contributed by atoms with Crippen molar-refractivity contribution in [2.24, 2.45) is 0 Å². The van der Waals surface area contributed by atoms with Crippen LogP contribution < -0.4 is 15.5 Å². The highest BCUT2D eigenvalue weighted by molar-refractivity contribution is 6.05. The maximum Gasteiger partial charge on any atom is 0.259 e. The molecule has 2 saturated heterocycles. The number of morpholine rings is 1. The van der Waals surface area contributed by atoms with Gasteiger partial charge in [0.2, 0.25) is 5.91 Å². The smallest absolute Gasteiger partial charge is 0.259 e. The lowest BCUT2D eigenvalue weighted by Gasteiger charge is -2.27. The molecule has 1 aromatic heterocycles. The number of hydrogen-bond acceptors (Lipinski definition) is 6. The lowest BCUT2D eigenvalue weighted by Crippen LogP contribution is -2.50. The van der Waals surface area contributed by atoms with Crippen LogP contribution in [-0.2, 0) is 9.53 Å². The van der Waals surface area contributed by atoms with Crippen LogP contribution >= 0.6 is 0 Å². The first kappa shape index (κ1) is 17.5. The first-order chi connectivity index (χ1) is 13.2. The second-order valence-corrected chi connectivity index (χ2v) is 6.64. The van der Waals surface area contributed by atoms with E-state index >= 15 is 0 Å². The molecule has 0 radical (unpaired) electrons. The summed E-state index contributed by atoms with van der Waals surface area (Å²) in [6.07, 6.45) is 1.46. The summed E-state index contributed by atoms with van der Waals surface area (Å²) in [7, 11) is 0. The fourth-order valence-electron chi connectivity index (χ4n) is 3.40. The van der Waals surface area contributed by atoms with E-state index in [1.807, 2.05) is 35.2 Å². The number of nitrogens with one attached hydrogen (secondary N) is 2. The summed E-state index contributed by atoms with van der Waals surface area (Å²) < 4.78 is 11.0. The van der Waals surface area contributed by atoms with Crippen LogP contribution in [0.2, 0.25) is 0 Å². The Balaban J connectivity index is 1.68. The van der Waals surface area contributed by atoms with E-state index in [1.165, 1.54) is 0 Å². The molecular weight excluding hydrogens is 348 g/mol. The zero-order chi connectivity index (χ0) is 18.6. The number of carbonyl (C=O) groups excluding carboxylic acids is 2. The number of amides is 2. The molecule has 1 unspecified atom stereocenters. The Kier molecular flexibility index (Phi) is 5.06. The summed E-state index contributed by atoms with van der Waals surface area (Å²) in [5.74, 6) is 0.399. The lowest BCUT2D eigenvalue weighted by molar-refractivity contribution is -0.124. The highest BCUT2D eigenvalue weighted by Crippen LogP contribution is 2.32. The summed E-state index contributed by atoms with van der Waals surface area (Å²) in [5, 5.41) is 9.82. The summed E-state index contributed by atoms with van der Waals surface area (Å²) in [4.78, 5) is 27.2. The molecule has 0 spiro atoms. The predicted octanol–water partition coefficient (Wildman–Crippen LogP) is 1.19. The maximum atomic E-state index is 13.1. The van der Waals surface area contributed by atoms with Gasteiger partial charge in [0.25, 0.3) is 5.91 Å². The Labute approximate surface area is 156 Å². The summed E-state index contributed by atoms with van der Waals surface area (Å²) >= 11 is 0. The molecule has 0 saturated carbocycles. The van der Waals surface area contributed by atoms with Gasteiger partial charge < -0.3 is 24.8 Å². The molecule has 4 rings (SSSR count). The standard InChI is InChI=1S/C19H22N4O4/c24-18-14(7-4-8-20-18)21-19(25)15-16(13-5-2-1-3-6-13)27-22-17(15)23-9-11-26-12-10-23/h1-3,5-6,14H,4,7-12H2,(H,20,24)(H,21,25). The van der Waals surface area contributed by atoms with Crippen molar-refractivity contribution in [3.8, 4) is 11.3 Å². The molecule has 142 valence electrons. The van der Waals surface area contributed by atoms with Gasteiger partial charge in [0.05, 0.1) is 13.2 Å². The Morgan fingerprint density at radius 2 is 2.00 bits per heavy atom. The third-order valence-corrected chi connectivity index (χ3v) is 4.84. The molecule has 2 fully saturated rings. The van der Waals surface area contributed by atoms with Crippen LogP contribution in [0.5, 0.6) is 0 Å². The number of piperidine rings is 1. The van der Waals surface area contributed by atoms with Crippen LogP contribution in [-0.4, -0.2) is 55.9 Å². The van der Waals surface area contributed by atoms with Gasteiger partial charge in [-0.1, -0.05) is 35.5 Å². The second kappa shape index (κ2) is 7.79. The quantitative estimate of drug-likeness (QED) is 0.839. The molecule has 2 aliphatic rings. The molecule has 8 nitrogen and oxygen atoms in total. The van der Waals surface area contributed by atoms with Crippen molar-refractivity contribution in [1.82, 2.24) is 15.8 Å². The fraction of sp³-hybridized carbons (Fsp3) is 0.421. The second-order valence-electron chi connectivity index (χ2n) is 6.64. The Hall–Kier alpha value is -2.87. The van der Waals surface area contributed by atoms with Gasteiger partial charge >= 0.3 is 0 Å². The predicted molar refractivity (Wildman–Crippen MR) is 98.5 cm³/mol. The third kappa shape index (κ3) is 3.66. The maximum absolute atomic E-state index is 13.1. The van der Waals surface area contributed by atoms with E-state index in [2.05, 4.69) is 15.8 Å². The van der Waals surface area contributed by atoms with E-state index in [9.17, 15) is 9.59 Å². The van der Waals surface area contributed by atoms with Gasteiger partial charge in [0, 0.05) is 25.2 Å². The number of hydrogen-bond donors (Lipinski definition) is 2. The highest BCUT2D eigenvalue weighted by atomic mass is 16.5. The molecule has 2 amide bonds. The minimum Gasteiger partial charge on any atom is -0.378 e. The number of carbonyl (C=O) groups is 2. The van der Waals surface area contributed by atoms with Gasteiger partial charge in [-0.05, 0) is 12.8 Å². The molecule has 2 aromatic rings. The molecule has 27 heavy (non-hydrogen) atoms. The van der Waals surface area contributed by atoms with Gasteiger partial charge in [-0.15, -0.1) is 0 Å². The normalized spacial score (nSPS) is 20.2. The average molecular weight is 370 g/mol. The van der Waals surface area contributed by atoms with Crippen molar-refractivity contribution >= 4 is 17.6 Å². The van der Waals surface area contributed by atoms with Crippen LogP contribution in [0, 0.1) is 0 Å². The van der Waals surface area contributed by atoms with Crippen LogP contribution in [0.15, 0.2) is 34.9 Å². The minimum atomic E-state index is -0.540. The molecule has 1 atom stereocenters. The van der Waals surface area contributed by atoms with Crippen LogP contribution in [0.4, 0.5) is 5.82 Å². The molecule has 2 N–H and O–H groups in total. The number of benzene rings is 1. The van der Waals surface area contributed by atoms with E-state index in [0.717, 1.165) is 12.0 Å². The molecular formula is C19H22N4O4. The first-order valence-electron chi connectivity index (χ1n) is 9.20. The van der Waals surface area contributed by atoms with Crippen molar-refractivity contribution in [3.05, 3.63) is 35.9 Å². The Morgan fingerprint density at radius 1 is 1.22 bits per heavy atom. The molecule has 0 aliphatic carbocycles. The monoisotopic (exact) mass is 370 g/mol. The van der Waals surface area contributed by atoms with Crippen LogP contribution in [0.1, 0.15) is 23.2 Å². The Morgan fingerprint density at radius 3 is 2.74 bits per heavy atom. The topological polar surface area (TPSA) is 96.7 Å². The van der Waals surface area contributed by atoms with Crippen LogP contribution in [0.25, 0.3) is 11.3 Å². The van der Waals surface area contributed by atoms with E-state index in [-0.39, 0.29) is 11.8 Å². The van der Waals surface area contributed by atoms with Crippen LogP contribution in [0.3, 0.4) is 0 Å². The molecule has 0 bridgehead atoms. The van der Waals surface area contributed by atoms with E-state index in [4.69, 9.17) is 9.26 Å². The molecule has 1 aromatic carbocycles. The highest BCUT2D eigenvalue weighted by Gasteiger charge is 2.31. The fourth-order valence-corrected chi connectivity index (χ4v) is 3.40. The first-order valence-corrected chi connectivity index (χ1v) is 9.20. The van der Waals surface area contributed by atoms with E-state index in [1.54, 1.807) is 0 Å². The van der Waals surface area contributed by atoms with E-state index < -0.39 is 6.04 Å². The summed E-state index contributed by atoms with van der Waals surface area (Å²) in [6, 6.07) is 8.85. The average Bonchev–Trinajstić information content (AvgIpc) is 3.16. The summed E-state index contributed by atoms with van der Waals surface area (Å²) in [5.41, 5.74) is 1.13. The number of ether oxygens (including phenoxy) is 1. The molecule has 2 aliphatic heterocycles. The van der Waals surface area contributed by atoms with Gasteiger partial charge in [0.1, 0.15) is 11.6 Å². The van der Waals surface area contributed by atoms with Crippen molar-refractivity contribution in [2.75, 3.05) is 37.7 Å². The lowest BCUT2D eigenvalue weighted by atomic mass is 10.0. The van der Waals surface area contributed by atoms with Gasteiger partial charge in [-0.3, -0.25) is 9.59 Å². The largest absolute Gasteiger partial charge is 0.378 e. The van der Waals surface area contributed by atoms with Gasteiger partial charge in [-0.2, -0.15) is 0 Å². The van der Waals surface area contributed by atoms with Gasteiger partial charge in [0.15, 0.2) is 11.6 Å². The van der Waals surface area contributed by atoms with Crippen molar-refractivity contribution in [2.45, 2.75) is 18.9 Å². The molecule has 3 heterocycles. The zero-order valence-corrected chi connectivity index (χ0v) is 14.9. The van der Waals surface area contributed by atoms with Crippen molar-refractivity contribution in [1.29, 1.82) is 0 Å². The van der Waals surface area contributed by atoms with Crippen molar-refractivity contribution in [3.63, 3.8) is 0 Å². The third-order valence-electron chi connectivity index (χ3n) is 4.84. The summed E-state index contributed by atoms with van der Waals surface area (Å²) in [6.45, 7) is 3.04. The number of aromatic nitrogens is 1. The minimum absolute atomic E-state index is 0.153. The van der Waals surface area contributed by atoms with E-state index in [0.29, 0.717) is 56.4 Å². The number of anilines is 1. The molecule has 8 heteroatoms. The number of rotatable bonds is 4. The number of nitrogens with zero attached hydrogens (tertiary/aromatic N) is 2. The van der Waals surface area contributed by atoms with Crippen molar-refractivity contribution < 1.29 is 18.8 Å². The Bertz CT molecular complexity index is 814.